The smallest absolute Gasteiger partial charge is 0.248 e. The number of hydrogen-bond donors (Lipinski definition) is 4. The van der Waals surface area contributed by atoms with Crippen LogP contribution in [-0.2, 0) is 9.53 Å². The summed E-state index contributed by atoms with van der Waals surface area (Å²) in [6.07, 6.45) is 4.63. The molecular weight excluding hydrogens is 405 g/mol. The molecule has 0 radical (unpaired) electrons. The number of aliphatic hydroxyl groups excluding tert-OH is 1. The minimum absolute atomic E-state index is 0.142. The second kappa shape index (κ2) is 14.0. The molecule has 1 aliphatic carbocycles. The standard InChI is InChI=1S/C12H16FNO3.C8H13NO.C2H5NO/c1-4-5-10(17-3)11(7(2)13)14-8-6-9(15)12(8)16;1-5-3-4-7(9)8(10)6(5)2;1-3-2-4/h5-7,11,14H,4H2,1-3H3;4-5,10H,3,9H2,1-2H3;2H,1H3,(H,3,4)/b10-5-;;/t7?,11-;;/m1../s1. The van der Waals surface area contributed by atoms with Gasteiger partial charge in [-0.15, -0.1) is 0 Å². The number of nitrogens with two attached hydrogens (primary N) is 1. The monoisotopic (exact) mass is 439 g/mol. The molecule has 1 amide bonds. The summed E-state index contributed by atoms with van der Waals surface area (Å²) in [6, 6.07) is 0.417. The third kappa shape index (κ3) is 8.65. The number of methoxy groups -OCH3 is 1. The maximum Gasteiger partial charge on any atom is 0.248 e. The number of alkyl halides is 1. The first-order valence-corrected chi connectivity index (χ1v) is 9.97. The third-order valence-corrected chi connectivity index (χ3v) is 4.66. The Morgan fingerprint density at radius 1 is 1.45 bits per heavy atom. The maximum absolute atomic E-state index is 13.5. The van der Waals surface area contributed by atoms with Crippen LogP contribution in [0.4, 0.5) is 10.1 Å². The predicted molar refractivity (Wildman–Crippen MR) is 121 cm³/mol. The van der Waals surface area contributed by atoms with Crippen molar-refractivity contribution in [3.63, 3.8) is 0 Å². The highest BCUT2D eigenvalue weighted by molar-refractivity contribution is 5.49. The zero-order valence-corrected chi connectivity index (χ0v) is 19.0. The molecule has 0 spiro atoms. The van der Waals surface area contributed by atoms with E-state index in [1.165, 1.54) is 14.0 Å². The van der Waals surface area contributed by atoms with Crippen LogP contribution in [0, 0.1) is 5.92 Å². The molecule has 8 nitrogen and oxygen atoms in total. The van der Waals surface area contributed by atoms with E-state index in [9.17, 15) is 19.1 Å². The fraction of sp³-hybridized carbons (Fsp3) is 0.500. The Morgan fingerprint density at radius 3 is 2.39 bits per heavy atom. The van der Waals surface area contributed by atoms with Gasteiger partial charge in [-0.25, -0.2) is 4.39 Å². The van der Waals surface area contributed by atoms with E-state index < -0.39 is 23.1 Å². The minimum Gasteiger partial charge on any atom is -0.506 e. The molecule has 2 rings (SSSR count). The summed E-state index contributed by atoms with van der Waals surface area (Å²) in [7, 11) is 3.01. The summed E-state index contributed by atoms with van der Waals surface area (Å²) < 4.78 is 18.5. The zero-order chi connectivity index (χ0) is 24.1. The van der Waals surface area contributed by atoms with Gasteiger partial charge in [0.2, 0.25) is 17.3 Å². The van der Waals surface area contributed by atoms with Crippen LogP contribution in [0.5, 0.6) is 0 Å². The third-order valence-electron chi connectivity index (χ3n) is 4.66. The van der Waals surface area contributed by atoms with Gasteiger partial charge in [0, 0.05) is 13.1 Å². The van der Waals surface area contributed by atoms with Crippen LogP contribution < -0.4 is 27.2 Å². The molecule has 1 aliphatic rings. The number of ether oxygens (including phenoxy) is 1. The molecule has 1 aromatic carbocycles. The average molecular weight is 440 g/mol. The molecule has 0 heterocycles. The molecule has 0 bridgehead atoms. The van der Waals surface area contributed by atoms with E-state index in [-0.39, 0.29) is 11.4 Å². The second-order valence-electron chi connectivity index (χ2n) is 7.00. The number of aliphatic hydroxyl groups is 1. The Kier molecular flexibility index (Phi) is 12.6. The molecule has 174 valence electrons. The van der Waals surface area contributed by atoms with E-state index in [1.807, 2.05) is 19.9 Å². The lowest BCUT2D eigenvalue weighted by Gasteiger charge is -2.23. The summed E-state index contributed by atoms with van der Waals surface area (Å²) in [6.45, 7) is 7.26. The van der Waals surface area contributed by atoms with Crippen LogP contribution in [0.15, 0.2) is 50.6 Å². The van der Waals surface area contributed by atoms with E-state index in [0.29, 0.717) is 30.2 Å². The van der Waals surface area contributed by atoms with Gasteiger partial charge in [-0.05, 0) is 44.3 Å². The minimum atomic E-state index is -1.24. The van der Waals surface area contributed by atoms with Crippen LogP contribution >= 0.6 is 0 Å². The second-order valence-corrected chi connectivity index (χ2v) is 7.00. The van der Waals surface area contributed by atoms with Crippen LogP contribution in [0.3, 0.4) is 0 Å². The summed E-state index contributed by atoms with van der Waals surface area (Å²) in [5, 5.41) is 14.2. The number of halogens is 1. The van der Waals surface area contributed by atoms with Gasteiger partial charge in [-0.2, -0.15) is 0 Å². The molecule has 2 unspecified atom stereocenters. The lowest BCUT2D eigenvalue weighted by molar-refractivity contribution is -0.109. The van der Waals surface area contributed by atoms with Gasteiger partial charge >= 0.3 is 0 Å². The van der Waals surface area contributed by atoms with E-state index in [4.69, 9.17) is 15.3 Å². The zero-order valence-electron chi connectivity index (χ0n) is 19.0. The van der Waals surface area contributed by atoms with Crippen molar-refractivity contribution in [1.82, 2.24) is 5.32 Å². The van der Waals surface area contributed by atoms with Gasteiger partial charge in [-0.3, -0.25) is 14.4 Å². The molecular formula is C22H34FN3O5. The first-order valence-electron chi connectivity index (χ1n) is 9.97. The van der Waals surface area contributed by atoms with E-state index in [2.05, 4.69) is 17.6 Å². The molecule has 0 saturated heterocycles. The molecule has 0 fully saturated rings. The number of allylic oxidation sites excluding steroid dienone is 3. The quantitative estimate of drug-likeness (QED) is 0.291. The molecule has 1 aromatic rings. The Bertz CT molecular complexity index is 867. The normalized spacial score (nSPS) is 17.8. The van der Waals surface area contributed by atoms with Crippen molar-refractivity contribution >= 4 is 12.1 Å². The Hall–Kier alpha value is -3.10. The fourth-order valence-corrected chi connectivity index (χ4v) is 2.58. The van der Waals surface area contributed by atoms with Crippen molar-refractivity contribution in [3.05, 3.63) is 61.5 Å². The summed E-state index contributed by atoms with van der Waals surface area (Å²) in [5.74, 6) is 1.14. The van der Waals surface area contributed by atoms with Gasteiger partial charge in [0.1, 0.15) is 23.7 Å². The van der Waals surface area contributed by atoms with Crippen molar-refractivity contribution in [2.75, 3.05) is 19.5 Å². The average Bonchev–Trinajstić information content (AvgIpc) is 2.76. The Balaban J connectivity index is 0.000000540. The number of carbonyl (C=O) groups is 1. The SMILES string of the molecule is CC/C=C(\OC)[C@H](Nc1cc(=O)c1=O)C(C)F.CC1=C(O)C(N)=CCC1C.CNC=O. The Labute approximate surface area is 182 Å². The summed E-state index contributed by atoms with van der Waals surface area (Å²) >= 11 is 0. The molecule has 31 heavy (non-hydrogen) atoms. The highest BCUT2D eigenvalue weighted by Crippen LogP contribution is 2.25. The highest BCUT2D eigenvalue weighted by Gasteiger charge is 2.24. The summed E-state index contributed by atoms with van der Waals surface area (Å²) in [4.78, 5) is 30.9. The molecule has 5 N–H and O–H groups in total. The van der Waals surface area contributed by atoms with Gasteiger partial charge < -0.3 is 26.2 Å². The van der Waals surface area contributed by atoms with Gasteiger partial charge in [0.15, 0.2) is 0 Å². The number of amides is 1. The van der Waals surface area contributed by atoms with Gasteiger partial charge in [-0.1, -0.05) is 19.9 Å². The lowest BCUT2D eigenvalue weighted by Crippen LogP contribution is -2.39. The largest absolute Gasteiger partial charge is 0.506 e. The Morgan fingerprint density at radius 2 is 2.03 bits per heavy atom. The van der Waals surface area contributed by atoms with E-state index in [1.54, 1.807) is 13.1 Å². The van der Waals surface area contributed by atoms with Crippen molar-refractivity contribution < 1.29 is 19.0 Å². The first kappa shape index (κ1) is 27.9. The number of anilines is 1. The van der Waals surface area contributed by atoms with Gasteiger partial charge in [0.05, 0.1) is 18.5 Å². The van der Waals surface area contributed by atoms with E-state index in [0.717, 1.165) is 18.1 Å². The van der Waals surface area contributed by atoms with Crippen molar-refractivity contribution in [1.29, 1.82) is 0 Å². The van der Waals surface area contributed by atoms with Crippen molar-refractivity contribution in [2.45, 2.75) is 52.8 Å². The maximum atomic E-state index is 13.5. The van der Waals surface area contributed by atoms with Crippen LogP contribution in [0.1, 0.15) is 40.5 Å². The van der Waals surface area contributed by atoms with Crippen LogP contribution in [0.2, 0.25) is 0 Å². The lowest BCUT2D eigenvalue weighted by atomic mass is 9.92. The number of carbonyl (C=O) groups excluding carboxylic acids is 1. The van der Waals surface area contributed by atoms with Crippen LogP contribution in [0.25, 0.3) is 0 Å². The predicted octanol–water partition coefficient (Wildman–Crippen LogP) is 2.42. The molecule has 0 saturated carbocycles. The highest BCUT2D eigenvalue weighted by atomic mass is 19.1. The number of hydrogen-bond acceptors (Lipinski definition) is 7. The van der Waals surface area contributed by atoms with Gasteiger partial charge in [0.25, 0.3) is 0 Å². The number of rotatable bonds is 7. The molecule has 0 aromatic heterocycles. The molecule has 9 heteroatoms. The van der Waals surface area contributed by atoms with Crippen molar-refractivity contribution in [2.24, 2.45) is 11.7 Å². The van der Waals surface area contributed by atoms with Crippen LogP contribution in [-0.4, -0.2) is 37.9 Å². The number of nitrogens with one attached hydrogen (secondary N) is 2. The summed E-state index contributed by atoms with van der Waals surface area (Å²) in [5.41, 5.74) is 5.98. The van der Waals surface area contributed by atoms with Crippen molar-refractivity contribution in [3.8, 4) is 0 Å². The fourth-order valence-electron chi connectivity index (χ4n) is 2.58. The van der Waals surface area contributed by atoms with E-state index >= 15 is 0 Å². The topological polar surface area (TPSA) is 131 Å². The molecule has 0 aliphatic heterocycles. The first-order chi connectivity index (χ1) is 14.5. The molecule has 3 atom stereocenters.